The first kappa shape index (κ1) is 11.1. The molecule has 0 atom stereocenters. The summed E-state index contributed by atoms with van der Waals surface area (Å²) in [7, 11) is 3.12. The first-order valence-corrected chi connectivity index (χ1v) is 4.30. The molecule has 0 fully saturated rings. The lowest BCUT2D eigenvalue weighted by Gasteiger charge is -2.08. The van der Waals surface area contributed by atoms with Gasteiger partial charge in [0.25, 0.3) is 0 Å². The van der Waals surface area contributed by atoms with Gasteiger partial charge in [0.2, 0.25) is 0 Å². The second-order valence-corrected chi connectivity index (χ2v) is 2.87. The summed E-state index contributed by atoms with van der Waals surface area (Å²) in [5.74, 6) is -0.252. The van der Waals surface area contributed by atoms with Crippen molar-refractivity contribution in [1.82, 2.24) is 5.48 Å². The predicted molar refractivity (Wildman–Crippen MR) is 51.0 cm³/mol. The van der Waals surface area contributed by atoms with Crippen molar-refractivity contribution in [1.29, 1.82) is 0 Å². The average Bonchev–Trinajstić information content (AvgIpc) is 2.17. The molecule has 1 N–H and O–H groups in total. The fourth-order valence-electron chi connectivity index (χ4n) is 1.21. The Morgan fingerprint density at radius 2 is 2.07 bits per heavy atom. The van der Waals surface area contributed by atoms with Gasteiger partial charge in [0, 0.05) is 13.7 Å². The Morgan fingerprint density at radius 3 is 2.71 bits per heavy atom. The number of benzene rings is 1. The maximum Gasteiger partial charge on any atom is 0.123 e. The Kier molecular flexibility index (Phi) is 4.52. The topological polar surface area (TPSA) is 30.5 Å². The van der Waals surface area contributed by atoms with Gasteiger partial charge in [-0.05, 0) is 23.3 Å². The van der Waals surface area contributed by atoms with Crippen molar-refractivity contribution >= 4 is 0 Å². The molecule has 0 saturated carbocycles. The maximum atomic E-state index is 12.9. The molecule has 0 aliphatic rings. The lowest BCUT2D eigenvalue weighted by Crippen LogP contribution is -2.12. The largest absolute Gasteiger partial charge is 0.380 e. The molecule has 3 nitrogen and oxygen atoms in total. The smallest absolute Gasteiger partial charge is 0.123 e. The molecule has 14 heavy (non-hydrogen) atoms. The van der Waals surface area contributed by atoms with Gasteiger partial charge in [-0.2, -0.15) is 5.48 Å². The number of rotatable bonds is 5. The van der Waals surface area contributed by atoms with Crippen LogP contribution in [0, 0.1) is 5.82 Å². The minimum atomic E-state index is -0.252. The van der Waals surface area contributed by atoms with Crippen molar-refractivity contribution in [3.63, 3.8) is 0 Å². The van der Waals surface area contributed by atoms with Crippen LogP contribution in [0.1, 0.15) is 11.1 Å². The molecule has 0 unspecified atom stereocenters. The lowest BCUT2D eigenvalue weighted by molar-refractivity contribution is 0.0859. The van der Waals surface area contributed by atoms with E-state index in [1.807, 2.05) is 0 Å². The minimum absolute atomic E-state index is 0.252. The van der Waals surface area contributed by atoms with Crippen molar-refractivity contribution < 1.29 is 14.0 Å². The zero-order chi connectivity index (χ0) is 10.4. The number of ether oxygens (including phenoxy) is 1. The van der Waals surface area contributed by atoms with Crippen LogP contribution in [0.25, 0.3) is 0 Å². The van der Waals surface area contributed by atoms with Gasteiger partial charge in [0.05, 0.1) is 13.7 Å². The van der Waals surface area contributed by atoms with E-state index in [1.165, 1.54) is 12.1 Å². The zero-order valence-electron chi connectivity index (χ0n) is 8.34. The summed E-state index contributed by atoms with van der Waals surface area (Å²) in [5, 5.41) is 0. The van der Waals surface area contributed by atoms with Gasteiger partial charge in [-0.3, -0.25) is 0 Å². The summed E-state index contributed by atoms with van der Waals surface area (Å²) in [6.45, 7) is 0.938. The Bertz CT molecular complexity index is 291. The molecule has 0 heterocycles. The summed E-state index contributed by atoms with van der Waals surface area (Å²) in [6.07, 6.45) is 0. The van der Waals surface area contributed by atoms with Crippen LogP contribution < -0.4 is 5.48 Å². The van der Waals surface area contributed by atoms with Crippen LogP contribution in [-0.4, -0.2) is 14.2 Å². The number of halogens is 1. The highest BCUT2D eigenvalue weighted by Gasteiger charge is 2.03. The molecule has 0 aliphatic heterocycles. The van der Waals surface area contributed by atoms with Crippen molar-refractivity contribution in [2.45, 2.75) is 13.2 Å². The molecule has 4 heteroatoms. The summed E-state index contributed by atoms with van der Waals surface area (Å²) in [4.78, 5) is 4.72. The quantitative estimate of drug-likeness (QED) is 0.731. The van der Waals surface area contributed by atoms with E-state index in [-0.39, 0.29) is 5.82 Å². The molecule has 0 spiro atoms. The molecule has 0 radical (unpaired) electrons. The molecular weight excluding hydrogens is 185 g/mol. The summed E-state index contributed by atoms with van der Waals surface area (Å²) >= 11 is 0. The van der Waals surface area contributed by atoms with Crippen molar-refractivity contribution in [2.75, 3.05) is 14.2 Å². The molecular formula is C10H14FNO2. The molecule has 0 aliphatic carbocycles. The Balaban J connectivity index is 2.78. The highest BCUT2D eigenvalue weighted by Crippen LogP contribution is 2.12. The zero-order valence-corrected chi connectivity index (χ0v) is 8.34. The second kappa shape index (κ2) is 5.70. The van der Waals surface area contributed by atoms with E-state index in [4.69, 9.17) is 9.57 Å². The van der Waals surface area contributed by atoms with Gasteiger partial charge in [0.15, 0.2) is 0 Å². The van der Waals surface area contributed by atoms with E-state index in [0.29, 0.717) is 13.2 Å². The van der Waals surface area contributed by atoms with Gasteiger partial charge >= 0.3 is 0 Å². The van der Waals surface area contributed by atoms with Crippen LogP contribution in [-0.2, 0) is 22.7 Å². The standard InChI is InChI=1S/C10H14FNO2/c1-13-7-9-5-10(11)4-3-8(9)6-12-14-2/h3-5,12H,6-7H2,1-2H3. The van der Waals surface area contributed by atoms with Crippen LogP contribution in [0.4, 0.5) is 4.39 Å². The van der Waals surface area contributed by atoms with Gasteiger partial charge < -0.3 is 9.57 Å². The Morgan fingerprint density at radius 1 is 1.29 bits per heavy atom. The van der Waals surface area contributed by atoms with E-state index in [9.17, 15) is 4.39 Å². The SMILES string of the molecule is COCc1cc(F)ccc1CNOC. The third kappa shape index (κ3) is 3.06. The maximum absolute atomic E-state index is 12.9. The first-order chi connectivity index (χ1) is 6.77. The first-order valence-electron chi connectivity index (χ1n) is 4.30. The monoisotopic (exact) mass is 199 g/mol. The van der Waals surface area contributed by atoms with Crippen molar-refractivity contribution in [2.24, 2.45) is 0 Å². The van der Waals surface area contributed by atoms with Gasteiger partial charge in [0.1, 0.15) is 5.82 Å². The fourth-order valence-corrected chi connectivity index (χ4v) is 1.21. The van der Waals surface area contributed by atoms with Crippen LogP contribution in [0.2, 0.25) is 0 Å². The normalized spacial score (nSPS) is 10.5. The summed E-state index contributed by atoms with van der Waals surface area (Å²) in [6, 6.07) is 4.61. The van der Waals surface area contributed by atoms with E-state index in [0.717, 1.165) is 11.1 Å². The van der Waals surface area contributed by atoms with Gasteiger partial charge in [-0.25, -0.2) is 4.39 Å². The molecule has 0 aromatic heterocycles. The molecule has 1 rings (SSSR count). The molecule has 0 amide bonds. The lowest BCUT2D eigenvalue weighted by atomic mass is 10.1. The molecule has 1 aromatic rings. The fraction of sp³-hybridized carbons (Fsp3) is 0.400. The van der Waals surface area contributed by atoms with E-state index in [2.05, 4.69) is 5.48 Å². The van der Waals surface area contributed by atoms with E-state index >= 15 is 0 Å². The predicted octanol–water partition coefficient (Wildman–Crippen LogP) is 1.62. The highest BCUT2D eigenvalue weighted by molar-refractivity contribution is 5.27. The third-order valence-corrected chi connectivity index (χ3v) is 1.88. The highest BCUT2D eigenvalue weighted by atomic mass is 19.1. The van der Waals surface area contributed by atoms with Crippen LogP contribution >= 0.6 is 0 Å². The van der Waals surface area contributed by atoms with Gasteiger partial charge in [-0.15, -0.1) is 0 Å². The molecule has 78 valence electrons. The molecule has 1 aromatic carbocycles. The second-order valence-electron chi connectivity index (χ2n) is 2.87. The third-order valence-electron chi connectivity index (χ3n) is 1.88. The van der Waals surface area contributed by atoms with Crippen LogP contribution in [0.3, 0.4) is 0 Å². The number of hydrogen-bond acceptors (Lipinski definition) is 3. The summed E-state index contributed by atoms with van der Waals surface area (Å²) < 4.78 is 17.9. The molecule has 0 saturated heterocycles. The van der Waals surface area contributed by atoms with E-state index < -0.39 is 0 Å². The summed E-state index contributed by atoms with van der Waals surface area (Å²) in [5.41, 5.74) is 4.50. The van der Waals surface area contributed by atoms with Crippen molar-refractivity contribution in [3.05, 3.63) is 35.1 Å². The average molecular weight is 199 g/mol. The van der Waals surface area contributed by atoms with E-state index in [1.54, 1.807) is 20.3 Å². The Hall–Kier alpha value is -0.970. The Labute approximate surface area is 82.8 Å². The van der Waals surface area contributed by atoms with Gasteiger partial charge in [-0.1, -0.05) is 6.07 Å². The van der Waals surface area contributed by atoms with Crippen molar-refractivity contribution in [3.8, 4) is 0 Å². The minimum Gasteiger partial charge on any atom is -0.380 e. The molecule has 0 bridgehead atoms. The number of methoxy groups -OCH3 is 1. The number of hydrogen-bond donors (Lipinski definition) is 1. The number of nitrogens with one attached hydrogen (secondary N) is 1. The number of hydroxylamine groups is 1. The van der Waals surface area contributed by atoms with Crippen LogP contribution in [0.5, 0.6) is 0 Å². The van der Waals surface area contributed by atoms with Crippen LogP contribution in [0.15, 0.2) is 18.2 Å².